The molecule has 9 nitrogen and oxygen atoms in total. The summed E-state index contributed by atoms with van der Waals surface area (Å²) in [6, 6.07) is 12.2. The smallest absolute Gasteiger partial charge is 0.332 e. The molecule has 0 spiro atoms. The van der Waals surface area contributed by atoms with Crippen molar-refractivity contribution in [3.63, 3.8) is 0 Å². The van der Waals surface area contributed by atoms with E-state index in [9.17, 15) is 14.4 Å². The monoisotopic (exact) mass is 560 g/mol. The lowest BCUT2D eigenvalue weighted by Crippen LogP contribution is -2.49. The third-order valence-electron chi connectivity index (χ3n) is 6.60. The van der Waals surface area contributed by atoms with E-state index in [0.29, 0.717) is 70.5 Å². The normalized spacial score (nSPS) is 14.0. The Balaban J connectivity index is 1.49. The maximum absolute atomic E-state index is 13.2. The van der Waals surface area contributed by atoms with Gasteiger partial charge in [-0.25, -0.2) is 4.79 Å². The van der Waals surface area contributed by atoms with Crippen molar-refractivity contribution < 1.29 is 4.79 Å². The van der Waals surface area contributed by atoms with E-state index in [-0.39, 0.29) is 5.91 Å². The quantitative estimate of drug-likeness (QED) is 0.381. The minimum atomic E-state index is -0.447. The van der Waals surface area contributed by atoms with Crippen LogP contribution in [0, 0.1) is 0 Å². The van der Waals surface area contributed by atoms with Crippen molar-refractivity contribution in [1.29, 1.82) is 0 Å². The second kappa shape index (κ2) is 9.89. The highest BCUT2D eigenvalue weighted by molar-refractivity contribution is 6.42. The van der Waals surface area contributed by atoms with E-state index in [0.717, 1.165) is 10.1 Å². The number of halogens is 3. The van der Waals surface area contributed by atoms with Crippen molar-refractivity contribution in [1.82, 2.24) is 23.6 Å². The summed E-state index contributed by atoms with van der Waals surface area (Å²) in [7, 11) is 3.05. The Morgan fingerprint density at radius 1 is 0.892 bits per heavy atom. The molecule has 0 unspecified atom stereocenters. The van der Waals surface area contributed by atoms with Crippen LogP contribution in [0.15, 0.2) is 52.1 Å². The lowest BCUT2D eigenvalue weighted by atomic mass is 10.2. The van der Waals surface area contributed by atoms with Crippen molar-refractivity contribution in [2.75, 3.05) is 31.1 Å². The van der Waals surface area contributed by atoms with Crippen LogP contribution in [0.1, 0.15) is 15.9 Å². The van der Waals surface area contributed by atoms with Gasteiger partial charge in [0.15, 0.2) is 11.2 Å². The molecule has 3 heterocycles. The molecule has 1 amide bonds. The Labute approximate surface area is 227 Å². The molecule has 0 bridgehead atoms. The van der Waals surface area contributed by atoms with Crippen molar-refractivity contribution in [2.45, 2.75) is 6.54 Å². The molecule has 0 atom stereocenters. The number of anilines is 1. The van der Waals surface area contributed by atoms with Crippen molar-refractivity contribution in [3.8, 4) is 0 Å². The summed E-state index contributed by atoms with van der Waals surface area (Å²) in [6.45, 7) is 2.23. The van der Waals surface area contributed by atoms with Crippen LogP contribution in [0.3, 0.4) is 0 Å². The van der Waals surface area contributed by atoms with E-state index in [1.807, 2.05) is 21.6 Å². The molecule has 1 saturated heterocycles. The standard InChI is InChI=1S/C25H23Cl3N6O3/c1-30-21-20(23(36)31(2)25(30)37)34(14-15-3-6-17(26)7-4-15)24(29-21)33-11-9-32(10-12-33)22(35)16-5-8-18(27)19(28)13-16/h3-8,13H,9-12,14H2,1-2H3. The molecule has 37 heavy (non-hydrogen) atoms. The van der Waals surface area contributed by atoms with Crippen LogP contribution in [0.4, 0.5) is 5.95 Å². The average Bonchev–Trinajstić information content (AvgIpc) is 3.28. The van der Waals surface area contributed by atoms with Crippen molar-refractivity contribution >= 4 is 57.8 Å². The Hall–Kier alpha value is -3.27. The molecule has 12 heteroatoms. The molecule has 192 valence electrons. The Morgan fingerprint density at radius 2 is 1.57 bits per heavy atom. The van der Waals surface area contributed by atoms with Gasteiger partial charge in [0.25, 0.3) is 11.5 Å². The summed E-state index contributed by atoms with van der Waals surface area (Å²) >= 11 is 18.1. The highest BCUT2D eigenvalue weighted by Crippen LogP contribution is 2.26. The number of hydrogen-bond donors (Lipinski definition) is 0. The molecule has 2 aromatic carbocycles. The van der Waals surface area contributed by atoms with E-state index in [4.69, 9.17) is 39.8 Å². The van der Waals surface area contributed by atoms with Gasteiger partial charge in [0, 0.05) is 50.9 Å². The van der Waals surface area contributed by atoms with E-state index < -0.39 is 11.2 Å². The zero-order valence-corrected chi connectivity index (χ0v) is 22.4. The third-order valence-corrected chi connectivity index (χ3v) is 7.59. The van der Waals surface area contributed by atoms with E-state index in [1.165, 1.54) is 11.6 Å². The summed E-state index contributed by atoms with van der Waals surface area (Å²) in [4.78, 5) is 47.3. The van der Waals surface area contributed by atoms with Crippen LogP contribution in [0.2, 0.25) is 15.1 Å². The molecule has 1 aliphatic rings. The first-order valence-electron chi connectivity index (χ1n) is 11.6. The first kappa shape index (κ1) is 25.4. The molecule has 5 rings (SSSR count). The summed E-state index contributed by atoms with van der Waals surface area (Å²) in [6.07, 6.45) is 0. The summed E-state index contributed by atoms with van der Waals surface area (Å²) in [5.74, 6) is 0.425. The van der Waals surface area contributed by atoms with Gasteiger partial charge in [-0.2, -0.15) is 4.98 Å². The number of carbonyl (C=O) groups is 1. The number of amides is 1. The highest BCUT2D eigenvalue weighted by Gasteiger charge is 2.28. The minimum Gasteiger partial charge on any atom is -0.339 e. The molecule has 2 aromatic heterocycles. The lowest BCUT2D eigenvalue weighted by molar-refractivity contribution is 0.0746. The van der Waals surface area contributed by atoms with E-state index >= 15 is 0 Å². The topological polar surface area (TPSA) is 85.4 Å². The van der Waals surface area contributed by atoms with Gasteiger partial charge in [-0.3, -0.25) is 23.3 Å². The van der Waals surface area contributed by atoms with Gasteiger partial charge in [0.1, 0.15) is 0 Å². The summed E-state index contributed by atoms with van der Waals surface area (Å²) < 4.78 is 4.29. The summed E-state index contributed by atoms with van der Waals surface area (Å²) in [5, 5.41) is 1.33. The van der Waals surface area contributed by atoms with Gasteiger partial charge >= 0.3 is 5.69 Å². The van der Waals surface area contributed by atoms with Gasteiger partial charge in [-0.15, -0.1) is 0 Å². The number of aryl methyl sites for hydroxylation is 1. The van der Waals surface area contributed by atoms with Gasteiger partial charge in [0.2, 0.25) is 5.95 Å². The lowest BCUT2D eigenvalue weighted by Gasteiger charge is -2.35. The fourth-order valence-electron chi connectivity index (χ4n) is 4.52. The number of aromatic nitrogens is 4. The molecule has 0 aliphatic carbocycles. The number of imidazole rings is 1. The largest absolute Gasteiger partial charge is 0.339 e. The van der Waals surface area contributed by atoms with Gasteiger partial charge in [0.05, 0.1) is 16.6 Å². The number of fused-ring (bicyclic) bond motifs is 1. The molecule has 0 saturated carbocycles. The van der Waals surface area contributed by atoms with Crippen LogP contribution < -0.4 is 16.1 Å². The van der Waals surface area contributed by atoms with Crippen LogP contribution in [0.25, 0.3) is 11.2 Å². The molecule has 0 radical (unpaired) electrons. The zero-order valence-electron chi connectivity index (χ0n) is 20.1. The van der Waals surface area contributed by atoms with Gasteiger partial charge in [-0.1, -0.05) is 46.9 Å². The van der Waals surface area contributed by atoms with Gasteiger partial charge < -0.3 is 9.80 Å². The first-order chi connectivity index (χ1) is 17.7. The van der Waals surface area contributed by atoms with Crippen LogP contribution in [-0.2, 0) is 20.6 Å². The number of nitrogens with zero attached hydrogens (tertiary/aromatic N) is 6. The Kier molecular flexibility index (Phi) is 6.78. The van der Waals surface area contributed by atoms with E-state index in [2.05, 4.69) is 0 Å². The molecule has 4 aromatic rings. The van der Waals surface area contributed by atoms with Gasteiger partial charge in [-0.05, 0) is 35.9 Å². The van der Waals surface area contributed by atoms with Crippen LogP contribution >= 0.6 is 34.8 Å². The predicted molar refractivity (Wildman–Crippen MR) is 145 cm³/mol. The second-order valence-electron chi connectivity index (χ2n) is 8.91. The average molecular weight is 562 g/mol. The maximum Gasteiger partial charge on any atom is 0.332 e. The van der Waals surface area contributed by atoms with Crippen LogP contribution in [0.5, 0.6) is 0 Å². The maximum atomic E-state index is 13.2. The molecule has 0 N–H and O–H groups in total. The minimum absolute atomic E-state index is 0.135. The third kappa shape index (κ3) is 4.63. The second-order valence-corrected chi connectivity index (χ2v) is 10.2. The molecule has 1 fully saturated rings. The number of hydrogen-bond acceptors (Lipinski definition) is 5. The zero-order chi connectivity index (χ0) is 26.4. The number of rotatable bonds is 4. The first-order valence-corrected chi connectivity index (χ1v) is 12.7. The number of piperazine rings is 1. The highest BCUT2D eigenvalue weighted by atomic mass is 35.5. The van der Waals surface area contributed by atoms with Crippen molar-refractivity contribution in [3.05, 3.63) is 89.5 Å². The number of benzene rings is 2. The van der Waals surface area contributed by atoms with Crippen molar-refractivity contribution in [2.24, 2.45) is 14.1 Å². The summed E-state index contributed by atoms with van der Waals surface area (Å²) in [5.41, 5.74) is 1.18. The number of carbonyl (C=O) groups excluding carboxylic acids is 1. The van der Waals surface area contributed by atoms with Crippen LogP contribution in [-0.4, -0.2) is 55.7 Å². The van der Waals surface area contributed by atoms with E-state index in [1.54, 1.807) is 42.3 Å². The molecule has 1 aliphatic heterocycles. The Morgan fingerprint density at radius 3 is 2.22 bits per heavy atom. The Bertz CT molecular complexity index is 1630. The SMILES string of the molecule is Cn1c(=O)c2c(nc(N3CCN(C(=O)c4ccc(Cl)c(Cl)c4)CC3)n2Cc2ccc(Cl)cc2)n(C)c1=O. The molecular weight excluding hydrogens is 539 g/mol. The fourth-order valence-corrected chi connectivity index (χ4v) is 4.94. The fraction of sp³-hybridized carbons (Fsp3) is 0.280. The molecular formula is C25H23Cl3N6O3. The predicted octanol–water partition coefficient (Wildman–Crippen LogP) is 3.40.